The van der Waals surface area contributed by atoms with Crippen LogP contribution in [-0.2, 0) is 11.2 Å². The molecule has 2 N–H and O–H groups in total. The minimum Gasteiger partial charge on any atom is -0.383 e. The van der Waals surface area contributed by atoms with Crippen LogP contribution in [0.2, 0.25) is 0 Å². The third kappa shape index (κ3) is 9.19. The van der Waals surface area contributed by atoms with E-state index in [9.17, 15) is 4.39 Å². The van der Waals surface area contributed by atoms with Crippen LogP contribution in [0.5, 0.6) is 0 Å². The number of aryl methyl sites for hydroxylation is 1. The summed E-state index contributed by atoms with van der Waals surface area (Å²) >= 11 is 0. The Morgan fingerprint density at radius 1 is 1.41 bits per heavy atom. The van der Waals surface area contributed by atoms with Gasteiger partial charge in [0.2, 0.25) is 0 Å². The molecule has 0 aliphatic heterocycles. The van der Waals surface area contributed by atoms with E-state index in [1.807, 2.05) is 19.9 Å². The Kier molecular flexibility index (Phi) is 12.1. The van der Waals surface area contributed by atoms with Crippen molar-refractivity contribution in [2.75, 3.05) is 26.8 Å². The van der Waals surface area contributed by atoms with E-state index in [1.54, 1.807) is 19.2 Å². The predicted molar refractivity (Wildman–Crippen MR) is 101 cm³/mol. The summed E-state index contributed by atoms with van der Waals surface area (Å²) in [5.74, 6) is 0.612. The Morgan fingerprint density at radius 3 is 2.82 bits per heavy atom. The lowest BCUT2D eigenvalue weighted by Crippen LogP contribution is -2.44. The van der Waals surface area contributed by atoms with Gasteiger partial charge < -0.3 is 15.4 Å². The Hall–Kier alpha value is -0.890. The first-order valence-electron chi connectivity index (χ1n) is 7.44. The average Bonchev–Trinajstić information content (AvgIpc) is 2.44. The molecule has 22 heavy (non-hydrogen) atoms. The van der Waals surface area contributed by atoms with Crippen molar-refractivity contribution in [3.63, 3.8) is 0 Å². The van der Waals surface area contributed by atoms with E-state index in [1.165, 1.54) is 6.07 Å². The number of nitrogens with zero attached hydrogens (tertiary/aromatic N) is 1. The third-order valence-electron chi connectivity index (χ3n) is 2.93. The van der Waals surface area contributed by atoms with Gasteiger partial charge in [-0.1, -0.05) is 12.1 Å². The SMILES string of the molecule is CCNC(=NCCCc1cccc(F)c1)NC(C)COC.I. The highest BCUT2D eigenvalue weighted by Crippen LogP contribution is 2.06. The Bertz CT molecular complexity index is 443. The number of halogens is 2. The fourth-order valence-electron chi connectivity index (χ4n) is 2.01. The van der Waals surface area contributed by atoms with Crippen molar-refractivity contribution in [1.82, 2.24) is 10.6 Å². The van der Waals surface area contributed by atoms with Gasteiger partial charge in [-0.3, -0.25) is 4.99 Å². The zero-order valence-corrected chi connectivity index (χ0v) is 15.9. The van der Waals surface area contributed by atoms with Gasteiger partial charge in [0.05, 0.1) is 6.61 Å². The topological polar surface area (TPSA) is 45.7 Å². The van der Waals surface area contributed by atoms with Gasteiger partial charge in [0.15, 0.2) is 5.96 Å². The van der Waals surface area contributed by atoms with Crippen molar-refractivity contribution in [2.45, 2.75) is 32.7 Å². The molecular formula is C16H27FIN3O. The monoisotopic (exact) mass is 423 g/mol. The second kappa shape index (κ2) is 12.6. The lowest BCUT2D eigenvalue weighted by atomic mass is 10.1. The van der Waals surface area contributed by atoms with Crippen LogP contribution < -0.4 is 10.6 Å². The van der Waals surface area contributed by atoms with E-state index in [2.05, 4.69) is 15.6 Å². The van der Waals surface area contributed by atoms with E-state index in [4.69, 9.17) is 4.74 Å². The maximum absolute atomic E-state index is 13.1. The van der Waals surface area contributed by atoms with Crippen molar-refractivity contribution in [1.29, 1.82) is 0 Å². The second-order valence-electron chi connectivity index (χ2n) is 4.99. The molecule has 1 aromatic rings. The van der Waals surface area contributed by atoms with Gasteiger partial charge in [0.25, 0.3) is 0 Å². The van der Waals surface area contributed by atoms with Crippen LogP contribution in [0.25, 0.3) is 0 Å². The van der Waals surface area contributed by atoms with Crippen LogP contribution in [-0.4, -0.2) is 38.8 Å². The molecule has 0 aliphatic rings. The van der Waals surface area contributed by atoms with E-state index in [-0.39, 0.29) is 35.8 Å². The average molecular weight is 423 g/mol. The standard InChI is InChI=1S/C16H26FN3O.HI/c1-4-18-16(20-13(2)12-21-3)19-10-6-8-14-7-5-9-15(17)11-14;/h5,7,9,11,13H,4,6,8,10,12H2,1-3H3,(H2,18,19,20);1H. The number of rotatable bonds is 8. The molecule has 1 atom stereocenters. The molecule has 0 fully saturated rings. The molecule has 0 amide bonds. The highest BCUT2D eigenvalue weighted by atomic mass is 127. The van der Waals surface area contributed by atoms with Gasteiger partial charge in [0.1, 0.15) is 5.82 Å². The fraction of sp³-hybridized carbons (Fsp3) is 0.562. The molecule has 1 rings (SSSR count). The minimum atomic E-state index is -0.181. The fourth-order valence-corrected chi connectivity index (χ4v) is 2.01. The Morgan fingerprint density at radius 2 is 2.18 bits per heavy atom. The molecule has 1 aromatic carbocycles. The zero-order chi connectivity index (χ0) is 15.5. The van der Waals surface area contributed by atoms with Gasteiger partial charge in [-0.25, -0.2) is 4.39 Å². The summed E-state index contributed by atoms with van der Waals surface area (Å²) in [6.07, 6.45) is 1.72. The molecular weight excluding hydrogens is 396 g/mol. The van der Waals surface area contributed by atoms with Crippen LogP contribution >= 0.6 is 24.0 Å². The van der Waals surface area contributed by atoms with Gasteiger partial charge in [-0.05, 0) is 44.4 Å². The molecule has 0 aliphatic carbocycles. The van der Waals surface area contributed by atoms with Crippen molar-refractivity contribution in [2.24, 2.45) is 4.99 Å². The highest BCUT2D eigenvalue weighted by Gasteiger charge is 2.04. The van der Waals surface area contributed by atoms with Crippen molar-refractivity contribution in [3.8, 4) is 0 Å². The summed E-state index contributed by atoms with van der Waals surface area (Å²) in [5.41, 5.74) is 1.01. The normalized spacial score (nSPS) is 12.5. The lowest BCUT2D eigenvalue weighted by Gasteiger charge is -2.16. The van der Waals surface area contributed by atoms with Gasteiger partial charge in [-0.2, -0.15) is 0 Å². The zero-order valence-electron chi connectivity index (χ0n) is 13.6. The molecule has 0 heterocycles. The van der Waals surface area contributed by atoms with Crippen LogP contribution in [0.1, 0.15) is 25.8 Å². The summed E-state index contributed by atoms with van der Waals surface area (Å²) in [7, 11) is 1.68. The maximum Gasteiger partial charge on any atom is 0.191 e. The van der Waals surface area contributed by atoms with Crippen LogP contribution in [0.4, 0.5) is 4.39 Å². The van der Waals surface area contributed by atoms with Crippen LogP contribution in [0.15, 0.2) is 29.3 Å². The second-order valence-corrected chi connectivity index (χ2v) is 4.99. The molecule has 126 valence electrons. The highest BCUT2D eigenvalue weighted by molar-refractivity contribution is 14.0. The van der Waals surface area contributed by atoms with Crippen molar-refractivity contribution in [3.05, 3.63) is 35.6 Å². The maximum atomic E-state index is 13.1. The molecule has 0 spiro atoms. The molecule has 4 nitrogen and oxygen atoms in total. The first-order chi connectivity index (χ1) is 10.2. The number of nitrogens with one attached hydrogen (secondary N) is 2. The van der Waals surface area contributed by atoms with Crippen LogP contribution in [0.3, 0.4) is 0 Å². The predicted octanol–water partition coefficient (Wildman–Crippen LogP) is 2.97. The number of hydrogen-bond acceptors (Lipinski definition) is 2. The third-order valence-corrected chi connectivity index (χ3v) is 2.93. The van der Waals surface area contributed by atoms with Gasteiger partial charge in [0, 0.05) is 26.2 Å². The molecule has 1 unspecified atom stereocenters. The lowest BCUT2D eigenvalue weighted by molar-refractivity contribution is 0.179. The van der Waals surface area contributed by atoms with Gasteiger partial charge in [-0.15, -0.1) is 24.0 Å². The summed E-state index contributed by atoms with van der Waals surface area (Å²) in [5, 5.41) is 6.48. The summed E-state index contributed by atoms with van der Waals surface area (Å²) in [6.45, 7) is 6.22. The van der Waals surface area contributed by atoms with Crippen LogP contribution in [0, 0.1) is 5.82 Å². The molecule has 6 heteroatoms. The number of guanidine groups is 1. The molecule has 0 saturated carbocycles. The number of aliphatic imine (C=N–C) groups is 1. The first kappa shape index (κ1) is 21.1. The molecule has 0 radical (unpaired) electrons. The molecule has 0 aromatic heterocycles. The van der Waals surface area contributed by atoms with E-state index < -0.39 is 0 Å². The largest absolute Gasteiger partial charge is 0.383 e. The number of ether oxygens (including phenoxy) is 1. The molecule has 0 bridgehead atoms. The van der Waals surface area contributed by atoms with E-state index in [0.717, 1.165) is 30.9 Å². The number of methoxy groups -OCH3 is 1. The summed E-state index contributed by atoms with van der Waals surface area (Å²) in [6, 6.07) is 6.93. The van der Waals surface area contributed by atoms with E-state index in [0.29, 0.717) is 13.2 Å². The summed E-state index contributed by atoms with van der Waals surface area (Å²) < 4.78 is 18.2. The Labute approximate surface area is 149 Å². The molecule has 0 saturated heterocycles. The van der Waals surface area contributed by atoms with E-state index >= 15 is 0 Å². The van der Waals surface area contributed by atoms with Crippen molar-refractivity contribution < 1.29 is 9.13 Å². The van der Waals surface area contributed by atoms with Crippen molar-refractivity contribution >= 4 is 29.9 Å². The first-order valence-corrected chi connectivity index (χ1v) is 7.44. The number of hydrogen-bond donors (Lipinski definition) is 2. The summed E-state index contributed by atoms with van der Waals surface area (Å²) in [4.78, 5) is 4.52. The Balaban J connectivity index is 0.00000441. The van der Waals surface area contributed by atoms with Gasteiger partial charge >= 0.3 is 0 Å². The smallest absolute Gasteiger partial charge is 0.191 e. The quantitative estimate of drug-likeness (QED) is 0.293. The minimum absolute atomic E-state index is 0. The number of benzene rings is 1.